The minimum atomic E-state index is -0.477. The van der Waals surface area contributed by atoms with E-state index in [2.05, 4.69) is 0 Å². The van der Waals surface area contributed by atoms with Crippen LogP contribution in [0.25, 0.3) is 11.1 Å². The quantitative estimate of drug-likeness (QED) is 0.787. The van der Waals surface area contributed by atoms with Gasteiger partial charge in [0.1, 0.15) is 5.82 Å². The molecule has 3 aromatic rings. The molecule has 0 saturated heterocycles. The molecule has 4 nitrogen and oxygen atoms in total. The van der Waals surface area contributed by atoms with E-state index < -0.39 is 11.8 Å². The van der Waals surface area contributed by atoms with Gasteiger partial charge in [0.05, 0.1) is 11.6 Å². The molecule has 1 atom stereocenters. The second-order valence-electron chi connectivity index (χ2n) is 5.14. The number of benzene rings is 2. The summed E-state index contributed by atoms with van der Waals surface area (Å²) in [7, 11) is 1.64. The Morgan fingerprint density at radius 2 is 1.86 bits per heavy atom. The number of nitrogens with two attached hydrogens (primary N) is 1. The van der Waals surface area contributed by atoms with E-state index in [4.69, 9.17) is 10.2 Å². The topological polar surface area (TPSA) is 61.2 Å². The van der Waals surface area contributed by atoms with Crippen LogP contribution in [0, 0.1) is 12.7 Å². The highest BCUT2D eigenvalue weighted by Gasteiger charge is 2.13. The van der Waals surface area contributed by atoms with Crippen molar-refractivity contribution in [2.24, 2.45) is 12.8 Å². The second kappa shape index (κ2) is 4.86. The minimum absolute atomic E-state index is 0.282. The average molecular weight is 286 g/mol. The minimum Gasteiger partial charge on any atom is -0.408 e. The molecule has 0 aliphatic rings. The fraction of sp³-hybridized carbons (Fsp3) is 0.188. The van der Waals surface area contributed by atoms with E-state index in [0.29, 0.717) is 22.2 Å². The maximum atomic E-state index is 13.6. The van der Waals surface area contributed by atoms with Crippen molar-refractivity contribution in [3.05, 3.63) is 69.5 Å². The van der Waals surface area contributed by atoms with Crippen molar-refractivity contribution in [2.75, 3.05) is 0 Å². The fourth-order valence-corrected chi connectivity index (χ4v) is 2.34. The van der Waals surface area contributed by atoms with Gasteiger partial charge in [-0.2, -0.15) is 0 Å². The van der Waals surface area contributed by atoms with Crippen LogP contribution in [0.15, 0.2) is 45.6 Å². The van der Waals surface area contributed by atoms with Crippen molar-refractivity contribution in [1.82, 2.24) is 4.57 Å². The Morgan fingerprint density at radius 1 is 1.19 bits per heavy atom. The van der Waals surface area contributed by atoms with Gasteiger partial charge in [-0.15, -0.1) is 0 Å². The summed E-state index contributed by atoms with van der Waals surface area (Å²) in [4.78, 5) is 11.5. The standard InChI is InChI=1S/C16H15FN2O2/c1-9-3-4-10(7-12(9)17)15(18)11-5-6-13-14(8-11)21-16(20)19(13)2/h3-8,15H,18H2,1-2H3. The first-order chi connectivity index (χ1) is 9.97. The van der Waals surface area contributed by atoms with Crippen molar-refractivity contribution < 1.29 is 8.81 Å². The van der Waals surface area contributed by atoms with E-state index in [1.807, 2.05) is 6.07 Å². The van der Waals surface area contributed by atoms with E-state index >= 15 is 0 Å². The first-order valence-electron chi connectivity index (χ1n) is 6.58. The van der Waals surface area contributed by atoms with E-state index in [-0.39, 0.29) is 5.82 Å². The second-order valence-corrected chi connectivity index (χ2v) is 5.14. The summed E-state index contributed by atoms with van der Waals surface area (Å²) in [5, 5.41) is 0. The highest BCUT2D eigenvalue weighted by atomic mass is 19.1. The number of aromatic nitrogens is 1. The SMILES string of the molecule is Cc1ccc(C(N)c2ccc3c(c2)oc(=O)n3C)cc1F. The van der Waals surface area contributed by atoms with Gasteiger partial charge in [-0.05, 0) is 41.8 Å². The molecule has 0 bridgehead atoms. The summed E-state index contributed by atoms with van der Waals surface area (Å²) in [5.41, 5.74) is 9.37. The fourth-order valence-electron chi connectivity index (χ4n) is 2.34. The molecule has 2 aromatic carbocycles. The molecule has 0 aliphatic heterocycles. The van der Waals surface area contributed by atoms with E-state index in [0.717, 1.165) is 5.56 Å². The van der Waals surface area contributed by atoms with Crippen LogP contribution in [-0.2, 0) is 7.05 Å². The van der Waals surface area contributed by atoms with Crippen molar-refractivity contribution in [1.29, 1.82) is 0 Å². The largest absolute Gasteiger partial charge is 0.419 e. The Balaban J connectivity index is 2.06. The summed E-state index contributed by atoms with van der Waals surface area (Å²) in [5.74, 6) is -0.702. The third kappa shape index (κ3) is 2.25. The molecule has 0 saturated carbocycles. The molecule has 21 heavy (non-hydrogen) atoms. The third-order valence-electron chi connectivity index (χ3n) is 3.73. The summed E-state index contributed by atoms with van der Waals surface area (Å²) in [6.45, 7) is 1.70. The zero-order valence-electron chi connectivity index (χ0n) is 11.8. The predicted octanol–water partition coefficient (Wildman–Crippen LogP) is 2.63. The zero-order valence-corrected chi connectivity index (χ0v) is 11.8. The molecule has 1 heterocycles. The summed E-state index contributed by atoms with van der Waals surface area (Å²) in [6, 6.07) is 9.78. The number of halogens is 1. The number of hydrogen-bond donors (Lipinski definition) is 1. The van der Waals surface area contributed by atoms with Crippen LogP contribution >= 0.6 is 0 Å². The Bertz CT molecular complexity index is 880. The molecule has 0 fully saturated rings. The Kier molecular flexibility index (Phi) is 3.14. The van der Waals surface area contributed by atoms with E-state index in [1.54, 1.807) is 38.2 Å². The summed E-state index contributed by atoms with van der Waals surface area (Å²) < 4.78 is 20.2. The molecule has 1 aromatic heterocycles. The van der Waals surface area contributed by atoms with Crippen LogP contribution in [0.5, 0.6) is 0 Å². The van der Waals surface area contributed by atoms with Gasteiger partial charge in [0.15, 0.2) is 5.58 Å². The van der Waals surface area contributed by atoms with Crippen LogP contribution in [-0.4, -0.2) is 4.57 Å². The number of hydrogen-bond acceptors (Lipinski definition) is 3. The maximum Gasteiger partial charge on any atom is 0.419 e. The first kappa shape index (κ1) is 13.6. The molecule has 108 valence electrons. The number of fused-ring (bicyclic) bond motifs is 1. The number of nitrogens with zero attached hydrogens (tertiary/aromatic N) is 1. The third-order valence-corrected chi connectivity index (χ3v) is 3.73. The highest BCUT2D eigenvalue weighted by molar-refractivity contribution is 5.74. The van der Waals surface area contributed by atoms with Crippen LogP contribution in [0.2, 0.25) is 0 Å². The highest BCUT2D eigenvalue weighted by Crippen LogP contribution is 2.24. The van der Waals surface area contributed by atoms with E-state index in [1.165, 1.54) is 10.6 Å². The number of aryl methyl sites for hydroxylation is 2. The summed E-state index contributed by atoms with van der Waals surface area (Å²) >= 11 is 0. The van der Waals surface area contributed by atoms with Gasteiger partial charge in [0, 0.05) is 7.05 Å². The Hall–Kier alpha value is -2.40. The van der Waals surface area contributed by atoms with Crippen LogP contribution < -0.4 is 11.5 Å². The number of oxazole rings is 1. The Labute approximate surface area is 120 Å². The van der Waals surface area contributed by atoms with Crippen molar-refractivity contribution in [2.45, 2.75) is 13.0 Å². The first-order valence-corrected chi connectivity index (χ1v) is 6.58. The molecule has 0 amide bonds. The molecule has 3 rings (SSSR count). The van der Waals surface area contributed by atoms with Crippen molar-refractivity contribution in [3.8, 4) is 0 Å². The predicted molar refractivity (Wildman–Crippen MR) is 78.6 cm³/mol. The smallest absolute Gasteiger partial charge is 0.408 e. The van der Waals surface area contributed by atoms with Gasteiger partial charge in [-0.25, -0.2) is 9.18 Å². The molecule has 0 spiro atoms. The normalized spacial score (nSPS) is 12.8. The van der Waals surface area contributed by atoms with Gasteiger partial charge in [0.2, 0.25) is 0 Å². The van der Waals surface area contributed by atoms with Gasteiger partial charge < -0.3 is 10.2 Å². The van der Waals surface area contributed by atoms with Gasteiger partial charge >= 0.3 is 5.76 Å². The molecular formula is C16H15FN2O2. The molecular weight excluding hydrogens is 271 g/mol. The Morgan fingerprint density at radius 3 is 2.57 bits per heavy atom. The monoisotopic (exact) mass is 286 g/mol. The van der Waals surface area contributed by atoms with Crippen molar-refractivity contribution >= 4 is 11.1 Å². The lowest BCUT2D eigenvalue weighted by atomic mass is 9.98. The number of rotatable bonds is 2. The maximum absolute atomic E-state index is 13.6. The lowest BCUT2D eigenvalue weighted by Crippen LogP contribution is -2.12. The average Bonchev–Trinajstić information content (AvgIpc) is 2.76. The van der Waals surface area contributed by atoms with Gasteiger partial charge in [-0.1, -0.05) is 18.2 Å². The lowest BCUT2D eigenvalue weighted by molar-refractivity contribution is 0.527. The van der Waals surface area contributed by atoms with Crippen LogP contribution in [0.3, 0.4) is 0 Å². The van der Waals surface area contributed by atoms with E-state index in [9.17, 15) is 9.18 Å². The van der Waals surface area contributed by atoms with Gasteiger partial charge in [-0.3, -0.25) is 4.57 Å². The zero-order chi connectivity index (χ0) is 15.1. The molecule has 2 N–H and O–H groups in total. The van der Waals surface area contributed by atoms with Crippen LogP contribution in [0.4, 0.5) is 4.39 Å². The molecule has 1 unspecified atom stereocenters. The lowest BCUT2D eigenvalue weighted by Gasteiger charge is -2.13. The van der Waals surface area contributed by atoms with Crippen LogP contribution in [0.1, 0.15) is 22.7 Å². The molecule has 5 heteroatoms. The summed E-state index contributed by atoms with van der Waals surface area (Å²) in [6.07, 6.45) is 0. The molecule has 0 radical (unpaired) electrons. The molecule has 0 aliphatic carbocycles. The van der Waals surface area contributed by atoms with Crippen molar-refractivity contribution in [3.63, 3.8) is 0 Å². The van der Waals surface area contributed by atoms with Gasteiger partial charge in [0.25, 0.3) is 0 Å².